The van der Waals surface area contributed by atoms with Crippen LogP contribution >= 0.6 is 0 Å². The van der Waals surface area contributed by atoms with E-state index in [2.05, 4.69) is 37.9 Å². The highest BCUT2D eigenvalue weighted by atomic mass is 15.2. The van der Waals surface area contributed by atoms with E-state index in [-0.39, 0.29) is 0 Å². The summed E-state index contributed by atoms with van der Waals surface area (Å²) in [5.74, 6) is 1.02. The summed E-state index contributed by atoms with van der Waals surface area (Å²) in [6, 6.07) is 1.52. The molecule has 2 nitrogen and oxygen atoms in total. The van der Waals surface area contributed by atoms with Crippen molar-refractivity contribution in [2.75, 3.05) is 19.6 Å². The van der Waals surface area contributed by atoms with Crippen LogP contribution in [0.25, 0.3) is 0 Å². The first kappa shape index (κ1) is 14.3. The molecule has 1 saturated carbocycles. The van der Waals surface area contributed by atoms with Gasteiger partial charge in [-0.05, 0) is 43.6 Å². The van der Waals surface area contributed by atoms with Crippen molar-refractivity contribution < 1.29 is 0 Å². The Balaban J connectivity index is 1.87. The van der Waals surface area contributed by atoms with Gasteiger partial charge in [-0.2, -0.15) is 0 Å². The Morgan fingerprint density at radius 1 is 1.17 bits per heavy atom. The zero-order chi connectivity index (χ0) is 13.2. The second-order valence-corrected chi connectivity index (χ2v) is 7.57. The lowest BCUT2D eigenvalue weighted by Gasteiger charge is -2.42. The van der Waals surface area contributed by atoms with E-state index in [1.807, 2.05) is 0 Å². The van der Waals surface area contributed by atoms with Crippen molar-refractivity contribution >= 4 is 0 Å². The van der Waals surface area contributed by atoms with Gasteiger partial charge in [-0.25, -0.2) is 0 Å². The lowest BCUT2D eigenvalue weighted by molar-refractivity contribution is 0.0705. The molecule has 18 heavy (non-hydrogen) atoms. The van der Waals surface area contributed by atoms with Crippen LogP contribution < -0.4 is 5.32 Å². The molecule has 0 amide bonds. The van der Waals surface area contributed by atoms with Crippen LogP contribution in [0.4, 0.5) is 0 Å². The van der Waals surface area contributed by atoms with Gasteiger partial charge in [0.2, 0.25) is 0 Å². The normalized spacial score (nSPS) is 29.8. The second-order valence-electron chi connectivity index (χ2n) is 7.57. The SMILES string of the molecule is CC(C)NCC(C)(C)CN1CCCC2CCCC21. The van der Waals surface area contributed by atoms with Crippen molar-refractivity contribution in [1.82, 2.24) is 10.2 Å². The third kappa shape index (κ3) is 3.71. The van der Waals surface area contributed by atoms with Crippen LogP contribution in [0.3, 0.4) is 0 Å². The predicted octanol–water partition coefficient (Wildman–Crippen LogP) is 3.28. The highest BCUT2D eigenvalue weighted by molar-refractivity contribution is 4.91. The number of nitrogens with zero attached hydrogens (tertiary/aromatic N) is 1. The first-order chi connectivity index (χ1) is 8.48. The highest BCUT2D eigenvalue weighted by Gasteiger charge is 2.36. The van der Waals surface area contributed by atoms with Gasteiger partial charge in [0, 0.05) is 25.2 Å². The van der Waals surface area contributed by atoms with E-state index in [1.165, 1.54) is 45.2 Å². The van der Waals surface area contributed by atoms with Gasteiger partial charge in [-0.15, -0.1) is 0 Å². The summed E-state index contributed by atoms with van der Waals surface area (Å²) in [6.45, 7) is 13.1. The Labute approximate surface area is 114 Å². The molecule has 2 heteroatoms. The molecule has 2 fully saturated rings. The molecule has 0 aromatic rings. The Kier molecular flexibility index (Phi) is 4.71. The van der Waals surface area contributed by atoms with Gasteiger partial charge >= 0.3 is 0 Å². The second kappa shape index (κ2) is 5.92. The lowest BCUT2D eigenvalue weighted by Crippen LogP contribution is -2.49. The average molecular weight is 252 g/mol. The first-order valence-corrected chi connectivity index (χ1v) is 7.95. The Bertz CT molecular complexity index is 260. The molecule has 106 valence electrons. The molecule has 0 radical (unpaired) electrons. The minimum Gasteiger partial charge on any atom is -0.314 e. The summed E-state index contributed by atoms with van der Waals surface area (Å²) in [4.78, 5) is 2.81. The number of piperidine rings is 1. The zero-order valence-corrected chi connectivity index (χ0v) is 12.8. The average Bonchev–Trinajstić information content (AvgIpc) is 2.75. The van der Waals surface area contributed by atoms with Crippen molar-refractivity contribution in [3.05, 3.63) is 0 Å². The quantitative estimate of drug-likeness (QED) is 0.808. The highest BCUT2D eigenvalue weighted by Crippen LogP contribution is 2.37. The van der Waals surface area contributed by atoms with Gasteiger partial charge in [-0.1, -0.05) is 34.1 Å². The van der Waals surface area contributed by atoms with Crippen LogP contribution in [0.1, 0.15) is 59.8 Å². The maximum absolute atomic E-state index is 3.61. The van der Waals surface area contributed by atoms with Crippen LogP contribution in [0.15, 0.2) is 0 Å². The van der Waals surface area contributed by atoms with Crippen LogP contribution in [0.5, 0.6) is 0 Å². The monoisotopic (exact) mass is 252 g/mol. The minimum atomic E-state index is 0.398. The predicted molar refractivity (Wildman–Crippen MR) is 78.9 cm³/mol. The molecular weight excluding hydrogens is 220 g/mol. The molecule has 0 spiro atoms. The molecule has 0 aromatic heterocycles. The Morgan fingerprint density at radius 2 is 1.89 bits per heavy atom. The van der Waals surface area contributed by atoms with Gasteiger partial charge in [0.15, 0.2) is 0 Å². The molecule has 1 N–H and O–H groups in total. The van der Waals surface area contributed by atoms with Gasteiger partial charge < -0.3 is 5.32 Å². The molecule has 2 rings (SSSR count). The van der Waals surface area contributed by atoms with Gasteiger partial charge in [0.1, 0.15) is 0 Å². The van der Waals surface area contributed by atoms with Gasteiger partial charge in [0.05, 0.1) is 0 Å². The third-order valence-electron chi connectivity index (χ3n) is 4.73. The van der Waals surface area contributed by atoms with Crippen molar-refractivity contribution in [3.8, 4) is 0 Å². The van der Waals surface area contributed by atoms with E-state index >= 15 is 0 Å². The molecular formula is C16H32N2. The van der Waals surface area contributed by atoms with E-state index in [0.29, 0.717) is 11.5 Å². The molecule has 0 bridgehead atoms. The summed E-state index contributed by atoms with van der Waals surface area (Å²) in [5.41, 5.74) is 0.398. The molecule has 2 atom stereocenters. The van der Waals surface area contributed by atoms with Crippen LogP contribution in [-0.4, -0.2) is 36.6 Å². The topological polar surface area (TPSA) is 15.3 Å². The summed E-state index contributed by atoms with van der Waals surface area (Å²) in [6.07, 6.45) is 7.33. The maximum atomic E-state index is 3.61. The molecule has 1 aliphatic heterocycles. The number of rotatable bonds is 5. The molecule has 1 heterocycles. The van der Waals surface area contributed by atoms with E-state index in [4.69, 9.17) is 0 Å². The van der Waals surface area contributed by atoms with Crippen molar-refractivity contribution in [2.45, 2.75) is 71.9 Å². The number of hydrogen-bond acceptors (Lipinski definition) is 2. The number of fused-ring (bicyclic) bond motifs is 1. The third-order valence-corrected chi connectivity index (χ3v) is 4.73. The van der Waals surface area contributed by atoms with Crippen LogP contribution in [-0.2, 0) is 0 Å². The van der Waals surface area contributed by atoms with E-state index < -0.39 is 0 Å². The summed E-state index contributed by atoms with van der Waals surface area (Å²) in [5, 5.41) is 3.61. The summed E-state index contributed by atoms with van der Waals surface area (Å²) < 4.78 is 0. The standard InChI is InChI=1S/C16H32N2/c1-13(2)17-11-16(3,4)12-18-10-6-8-14-7-5-9-15(14)18/h13-15,17H,5-12H2,1-4H3. The molecule has 2 aliphatic rings. The fraction of sp³-hybridized carbons (Fsp3) is 1.00. The fourth-order valence-corrected chi connectivity index (χ4v) is 3.84. The number of likely N-dealkylation sites (tertiary alicyclic amines) is 1. The largest absolute Gasteiger partial charge is 0.314 e. The van der Waals surface area contributed by atoms with Gasteiger partial charge in [-0.3, -0.25) is 4.90 Å². The molecule has 2 unspecified atom stereocenters. The summed E-state index contributed by atoms with van der Waals surface area (Å²) in [7, 11) is 0. The number of nitrogens with one attached hydrogen (secondary N) is 1. The maximum Gasteiger partial charge on any atom is 0.0124 e. The molecule has 1 saturated heterocycles. The van der Waals surface area contributed by atoms with Gasteiger partial charge in [0.25, 0.3) is 0 Å². The zero-order valence-electron chi connectivity index (χ0n) is 12.8. The van der Waals surface area contributed by atoms with Crippen LogP contribution in [0, 0.1) is 11.3 Å². The Morgan fingerprint density at radius 3 is 2.61 bits per heavy atom. The van der Waals surface area contributed by atoms with Crippen LogP contribution in [0.2, 0.25) is 0 Å². The Hall–Kier alpha value is -0.0800. The van der Waals surface area contributed by atoms with E-state index in [1.54, 1.807) is 0 Å². The molecule has 0 aromatic carbocycles. The van der Waals surface area contributed by atoms with Crippen molar-refractivity contribution in [3.63, 3.8) is 0 Å². The van der Waals surface area contributed by atoms with Crippen molar-refractivity contribution in [2.24, 2.45) is 11.3 Å². The van der Waals surface area contributed by atoms with Crippen molar-refractivity contribution in [1.29, 1.82) is 0 Å². The summed E-state index contributed by atoms with van der Waals surface area (Å²) >= 11 is 0. The smallest absolute Gasteiger partial charge is 0.0124 e. The fourth-order valence-electron chi connectivity index (χ4n) is 3.84. The minimum absolute atomic E-state index is 0.398. The molecule has 1 aliphatic carbocycles. The van der Waals surface area contributed by atoms with E-state index in [9.17, 15) is 0 Å². The van der Waals surface area contributed by atoms with E-state index in [0.717, 1.165) is 18.5 Å². The number of hydrogen-bond donors (Lipinski definition) is 1. The first-order valence-electron chi connectivity index (χ1n) is 7.95. The lowest BCUT2D eigenvalue weighted by atomic mass is 9.87.